The van der Waals surface area contributed by atoms with Crippen LogP contribution in [0.3, 0.4) is 0 Å². The summed E-state index contributed by atoms with van der Waals surface area (Å²) in [4.78, 5) is 3.95. The highest BCUT2D eigenvalue weighted by Gasteiger charge is 2.18. The number of hydrogen-bond donors (Lipinski definition) is 4. The lowest BCUT2D eigenvalue weighted by Gasteiger charge is -2.04. The summed E-state index contributed by atoms with van der Waals surface area (Å²) in [6, 6.07) is -1.15. The van der Waals surface area contributed by atoms with Gasteiger partial charge in [0.2, 0.25) is 5.89 Å². The van der Waals surface area contributed by atoms with Crippen molar-refractivity contribution in [1.29, 1.82) is 0 Å². The van der Waals surface area contributed by atoms with Gasteiger partial charge >= 0.3 is 0 Å². The number of aromatic nitrogens is 2. The maximum Gasteiger partial charge on any atom is 0.244 e. The molecule has 0 saturated carbocycles. The predicted octanol–water partition coefficient (Wildman–Crippen LogP) is -1.08. The molecular weight excluding hydrogens is 198 g/mol. The number of aliphatic hydroxyl groups is 1. The summed E-state index contributed by atoms with van der Waals surface area (Å²) in [5.41, 5.74) is 17.0. The normalized spacial score (nSPS) is 14.9. The van der Waals surface area contributed by atoms with Gasteiger partial charge in [0.1, 0.15) is 0 Å². The maximum absolute atomic E-state index is 8.77. The highest BCUT2D eigenvalue weighted by molar-refractivity contribution is 5.00. The standard InChI is InChI=1S/C8H15N5O2/c1-4(9)2-5(10)8-12-7(13-15-8)6(11)3-14/h5-6,14H,1-3,9-11H2/t5-,6-/m0/s1. The van der Waals surface area contributed by atoms with Crippen LogP contribution in [0, 0.1) is 0 Å². The molecule has 7 nitrogen and oxygen atoms in total. The Morgan fingerprint density at radius 2 is 2.13 bits per heavy atom. The van der Waals surface area contributed by atoms with Crippen molar-refractivity contribution in [2.75, 3.05) is 6.61 Å². The van der Waals surface area contributed by atoms with E-state index >= 15 is 0 Å². The zero-order valence-corrected chi connectivity index (χ0v) is 8.26. The Labute approximate surface area is 86.9 Å². The van der Waals surface area contributed by atoms with Gasteiger partial charge in [-0.25, -0.2) is 0 Å². The molecule has 7 heteroatoms. The van der Waals surface area contributed by atoms with Gasteiger partial charge < -0.3 is 26.8 Å². The monoisotopic (exact) mass is 213 g/mol. The van der Waals surface area contributed by atoms with Gasteiger partial charge in [0, 0.05) is 12.1 Å². The number of rotatable bonds is 5. The molecule has 0 aliphatic rings. The third-order valence-corrected chi connectivity index (χ3v) is 1.79. The molecule has 1 aromatic heterocycles. The van der Waals surface area contributed by atoms with Crippen LogP contribution in [-0.2, 0) is 0 Å². The van der Waals surface area contributed by atoms with Crippen LogP contribution in [-0.4, -0.2) is 21.9 Å². The molecule has 2 atom stereocenters. The molecule has 0 aliphatic carbocycles. The number of nitrogens with two attached hydrogens (primary N) is 3. The van der Waals surface area contributed by atoms with Crippen molar-refractivity contribution in [3.8, 4) is 0 Å². The average molecular weight is 213 g/mol. The fraction of sp³-hybridized carbons (Fsp3) is 0.500. The fourth-order valence-corrected chi connectivity index (χ4v) is 1.000. The SMILES string of the molecule is C=C(N)C[C@H](N)c1nc([C@@H](N)CO)no1. The van der Waals surface area contributed by atoms with Gasteiger partial charge in [0.15, 0.2) is 5.82 Å². The molecule has 84 valence electrons. The largest absolute Gasteiger partial charge is 0.402 e. The molecule has 0 fully saturated rings. The Hall–Kier alpha value is -1.44. The van der Waals surface area contributed by atoms with Crippen molar-refractivity contribution >= 4 is 0 Å². The van der Waals surface area contributed by atoms with Gasteiger partial charge in [-0.15, -0.1) is 0 Å². The lowest BCUT2D eigenvalue weighted by molar-refractivity contribution is 0.259. The van der Waals surface area contributed by atoms with Gasteiger partial charge in [0.25, 0.3) is 0 Å². The molecule has 7 N–H and O–H groups in total. The molecular formula is C8H15N5O2. The van der Waals surface area contributed by atoms with Crippen molar-refractivity contribution < 1.29 is 9.63 Å². The van der Waals surface area contributed by atoms with Crippen LogP contribution in [0.2, 0.25) is 0 Å². The lowest BCUT2D eigenvalue weighted by atomic mass is 10.2. The van der Waals surface area contributed by atoms with Crippen molar-refractivity contribution in [3.63, 3.8) is 0 Å². The second kappa shape index (κ2) is 4.87. The third-order valence-electron chi connectivity index (χ3n) is 1.79. The van der Waals surface area contributed by atoms with Crippen molar-refractivity contribution in [3.05, 3.63) is 24.0 Å². The molecule has 0 saturated heterocycles. The van der Waals surface area contributed by atoms with E-state index in [1.54, 1.807) is 0 Å². The third kappa shape index (κ3) is 3.01. The minimum Gasteiger partial charge on any atom is -0.402 e. The maximum atomic E-state index is 8.77. The Morgan fingerprint density at radius 3 is 2.67 bits per heavy atom. The summed E-state index contributed by atoms with van der Waals surface area (Å²) < 4.78 is 4.88. The second-order valence-electron chi connectivity index (χ2n) is 3.25. The van der Waals surface area contributed by atoms with Crippen LogP contribution in [0.5, 0.6) is 0 Å². The molecule has 0 bridgehead atoms. The van der Waals surface area contributed by atoms with Gasteiger partial charge in [-0.1, -0.05) is 11.7 Å². The molecule has 0 spiro atoms. The summed E-state index contributed by atoms with van der Waals surface area (Å²) in [6.45, 7) is 3.27. The van der Waals surface area contributed by atoms with Crippen molar-refractivity contribution in [2.24, 2.45) is 17.2 Å². The molecule has 1 rings (SSSR count). The van der Waals surface area contributed by atoms with Gasteiger partial charge in [-0.05, 0) is 0 Å². The Balaban J connectivity index is 2.70. The topological polar surface area (TPSA) is 137 Å². The number of nitrogens with zero attached hydrogens (tertiary/aromatic N) is 2. The summed E-state index contributed by atoms with van der Waals surface area (Å²) >= 11 is 0. The molecule has 0 aliphatic heterocycles. The molecule has 0 amide bonds. The van der Waals surface area contributed by atoms with E-state index in [1.165, 1.54) is 0 Å². The smallest absolute Gasteiger partial charge is 0.244 e. The van der Waals surface area contributed by atoms with Gasteiger partial charge in [0.05, 0.1) is 18.7 Å². The van der Waals surface area contributed by atoms with Crippen molar-refractivity contribution in [1.82, 2.24) is 10.1 Å². The molecule has 0 radical (unpaired) electrons. The fourth-order valence-electron chi connectivity index (χ4n) is 1.000. The zero-order chi connectivity index (χ0) is 11.4. The molecule has 15 heavy (non-hydrogen) atoms. The Kier molecular flexibility index (Phi) is 3.78. The average Bonchev–Trinajstić information content (AvgIpc) is 2.64. The minimum atomic E-state index is -0.657. The highest BCUT2D eigenvalue weighted by atomic mass is 16.5. The van der Waals surface area contributed by atoms with E-state index in [0.29, 0.717) is 12.1 Å². The highest BCUT2D eigenvalue weighted by Crippen LogP contribution is 2.15. The van der Waals surface area contributed by atoms with Crippen LogP contribution in [0.1, 0.15) is 30.2 Å². The molecule has 1 aromatic rings. The molecule has 0 aromatic carbocycles. The molecule has 1 heterocycles. The van der Waals surface area contributed by atoms with E-state index < -0.39 is 12.1 Å². The number of aliphatic hydroxyl groups excluding tert-OH is 1. The van der Waals surface area contributed by atoms with E-state index in [2.05, 4.69) is 16.7 Å². The van der Waals surface area contributed by atoms with E-state index in [0.717, 1.165) is 0 Å². The van der Waals surface area contributed by atoms with E-state index in [4.69, 9.17) is 26.8 Å². The summed E-state index contributed by atoms with van der Waals surface area (Å²) in [6.07, 6.45) is 0.357. The minimum absolute atomic E-state index is 0.227. The van der Waals surface area contributed by atoms with Crippen LogP contribution in [0.25, 0.3) is 0 Å². The summed E-state index contributed by atoms with van der Waals surface area (Å²) in [5.74, 6) is 0.464. The first-order chi connectivity index (χ1) is 7.04. The first-order valence-electron chi connectivity index (χ1n) is 4.43. The quantitative estimate of drug-likeness (QED) is 0.488. The van der Waals surface area contributed by atoms with Gasteiger partial charge in [-0.2, -0.15) is 4.98 Å². The lowest BCUT2D eigenvalue weighted by Crippen LogP contribution is -2.17. The number of hydrogen-bond acceptors (Lipinski definition) is 7. The van der Waals surface area contributed by atoms with E-state index in [1.807, 2.05) is 0 Å². The second-order valence-corrected chi connectivity index (χ2v) is 3.25. The Bertz CT molecular complexity index is 338. The van der Waals surface area contributed by atoms with E-state index in [9.17, 15) is 0 Å². The van der Waals surface area contributed by atoms with Crippen LogP contribution < -0.4 is 17.2 Å². The van der Waals surface area contributed by atoms with Crippen molar-refractivity contribution in [2.45, 2.75) is 18.5 Å². The van der Waals surface area contributed by atoms with Crippen LogP contribution in [0.4, 0.5) is 0 Å². The van der Waals surface area contributed by atoms with Crippen LogP contribution >= 0.6 is 0 Å². The predicted molar refractivity (Wildman–Crippen MR) is 53.2 cm³/mol. The Morgan fingerprint density at radius 1 is 1.47 bits per heavy atom. The zero-order valence-electron chi connectivity index (χ0n) is 8.26. The first-order valence-corrected chi connectivity index (χ1v) is 4.43. The van der Waals surface area contributed by atoms with E-state index in [-0.39, 0.29) is 18.3 Å². The van der Waals surface area contributed by atoms with Gasteiger partial charge in [-0.3, -0.25) is 0 Å². The first kappa shape index (κ1) is 11.6. The summed E-state index contributed by atoms with van der Waals surface area (Å²) in [7, 11) is 0. The molecule has 0 unspecified atom stereocenters. The summed E-state index contributed by atoms with van der Waals surface area (Å²) in [5, 5.41) is 12.4. The van der Waals surface area contributed by atoms with Crippen LogP contribution in [0.15, 0.2) is 16.8 Å².